The number of aromatic nitrogens is 1. The number of rotatable bonds is 4. The minimum Gasteiger partial charge on any atom is -0.393 e. The van der Waals surface area contributed by atoms with E-state index in [0.29, 0.717) is 42.3 Å². The fraction of sp³-hybridized carbons (Fsp3) is 0.348. The molecule has 0 aliphatic heterocycles. The summed E-state index contributed by atoms with van der Waals surface area (Å²) in [6, 6.07) is 8.02. The van der Waals surface area contributed by atoms with Crippen LogP contribution in [0, 0.1) is 23.4 Å². The van der Waals surface area contributed by atoms with Crippen LogP contribution < -0.4 is 5.32 Å². The van der Waals surface area contributed by atoms with Gasteiger partial charge in [0.2, 0.25) is 5.91 Å². The molecule has 5 rings (SSSR count). The zero-order valence-corrected chi connectivity index (χ0v) is 16.1. The molecule has 0 unspecified atom stereocenters. The number of benzene rings is 2. The monoisotopic (exact) mass is 414 g/mol. The van der Waals surface area contributed by atoms with Gasteiger partial charge in [0.1, 0.15) is 17.5 Å². The molecule has 4 nitrogen and oxygen atoms in total. The number of aliphatic hydroxyl groups excluding tert-OH is 1. The van der Waals surface area contributed by atoms with Crippen LogP contribution in [0.1, 0.15) is 37.2 Å². The van der Waals surface area contributed by atoms with Gasteiger partial charge in [-0.3, -0.25) is 4.79 Å². The van der Waals surface area contributed by atoms with E-state index in [-0.39, 0.29) is 41.2 Å². The first-order valence-corrected chi connectivity index (χ1v) is 10.1. The third-order valence-corrected chi connectivity index (χ3v) is 6.37. The maximum Gasteiger partial charge on any atom is 0.223 e. The lowest BCUT2D eigenvalue weighted by Crippen LogP contribution is -2.50. The quantitative estimate of drug-likeness (QED) is 0.593. The zero-order valence-electron chi connectivity index (χ0n) is 16.1. The number of carbonyl (C=O) groups excluding carboxylic acids is 1. The predicted molar refractivity (Wildman–Crippen MR) is 106 cm³/mol. The van der Waals surface area contributed by atoms with Crippen molar-refractivity contribution in [1.29, 1.82) is 0 Å². The Morgan fingerprint density at radius 1 is 1.00 bits per heavy atom. The van der Waals surface area contributed by atoms with E-state index in [1.165, 1.54) is 18.2 Å². The Morgan fingerprint density at radius 2 is 1.70 bits per heavy atom. The minimum absolute atomic E-state index is 0.0256. The third-order valence-electron chi connectivity index (χ3n) is 6.37. The molecule has 7 heteroatoms. The summed E-state index contributed by atoms with van der Waals surface area (Å²) >= 11 is 0. The number of aliphatic hydroxyl groups is 1. The molecule has 30 heavy (non-hydrogen) atoms. The van der Waals surface area contributed by atoms with Crippen LogP contribution in [0.3, 0.4) is 0 Å². The summed E-state index contributed by atoms with van der Waals surface area (Å²) in [5.41, 5.74) is 2.28. The first-order valence-electron chi connectivity index (χ1n) is 10.1. The van der Waals surface area contributed by atoms with E-state index in [2.05, 4.69) is 10.3 Å². The highest BCUT2D eigenvalue weighted by atomic mass is 19.1. The second-order valence-corrected chi connectivity index (χ2v) is 8.43. The average molecular weight is 414 g/mol. The van der Waals surface area contributed by atoms with Crippen LogP contribution in [-0.4, -0.2) is 28.1 Å². The third kappa shape index (κ3) is 3.27. The van der Waals surface area contributed by atoms with Crippen LogP contribution >= 0.6 is 0 Å². The number of fused-ring (bicyclic) bond motifs is 1. The molecule has 3 aromatic rings. The van der Waals surface area contributed by atoms with Gasteiger partial charge >= 0.3 is 0 Å². The number of amides is 1. The molecule has 2 aromatic carbocycles. The summed E-state index contributed by atoms with van der Waals surface area (Å²) in [5.74, 6) is -1.97. The van der Waals surface area contributed by atoms with Crippen molar-refractivity contribution in [2.24, 2.45) is 5.92 Å². The summed E-state index contributed by atoms with van der Waals surface area (Å²) in [7, 11) is 0. The smallest absolute Gasteiger partial charge is 0.223 e. The van der Waals surface area contributed by atoms with Gasteiger partial charge in [0.05, 0.1) is 17.3 Å². The Labute approximate surface area is 171 Å². The average Bonchev–Trinajstić information content (AvgIpc) is 2.99. The number of hydrogen-bond acceptors (Lipinski definition) is 2. The summed E-state index contributed by atoms with van der Waals surface area (Å²) in [6.07, 6.45) is 1.97. The Balaban J connectivity index is 1.45. The molecule has 2 saturated carbocycles. The van der Waals surface area contributed by atoms with Crippen LogP contribution in [0.5, 0.6) is 0 Å². The molecule has 0 spiro atoms. The lowest BCUT2D eigenvalue weighted by molar-refractivity contribution is -0.130. The maximum atomic E-state index is 14.4. The van der Waals surface area contributed by atoms with Crippen molar-refractivity contribution in [2.75, 3.05) is 0 Å². The molecule has 0 atom stereocenters. The van der Waals surface area contributed by atoms with Crippen LogP contribution in [0.25, 0.3) is 22.2 Å². The fourth-order valence-electron chi connectivity index (χ4n) is 4.60. The highest BCUT2D eigenvalue weighted by Crippen LogP contribution is 2.48. The lowest BCUT2D eigenvalue weighted by Gasteiger charge is -2.38. The van der Waals surface area contributed by atoms with Crippen LogP contribution in [0.15, 0.2) is 36.4 Å². The SMILES string of the molecule is O=C(NC1CC(O)C1)C1CC(c2c(-c3ccc(F)cc3)[nH]c3c(F)cc(F)cc23)C1. The number of carbonyl (C=O) groups is 1. The van der Waals surface area contributed by atoms with E-state index in [1.54, 1.807) is 12.1 Å². The number of nitrogens with one attached hydrogen (secondary N) is 2. The van der Waals surface area contributed by atoms with Crippen molar-refractivity contribution in [1.82, 2.24) is 10.3 Å². The highest BCUT2D eigenvalue weighted by molar-refractivity contribution is 5.92. The van der Waals surface area contributed by atoms with Gasteiger partial charge in [0.25, 0.3) is 0 Å². The Morgan fingerprint density at radius 3 is 2.37 bits per heavy atom. The van der Waals surface area contributed by atoms with Crippen LogP contribution in [-0.2, 0) is 4.79 Å². The molecule has 156 valence electrons. The number of halogens is 3. The number of aromatic amines is 1. The van der Waals surface area contributed by atoms with Gasteiger partial charge in [-0.1, -0.05) is 0 Å². The number of hydrogen-bond donors (Lipinski definition) is 3. The minimum atomic E-state index is -0.684. The van der Waals surface area contributed by atoms with E-state index in [1.807, 2.05) is 0 Å². The van der Waals surface area contributed by atoms with Crippen molar-refractivity contribution >= 4 is 16.8 Å². The van der Waals surface area contributed by atoms with Crippen molar-refractivity contribution in [3.8, 4) is 11.3 Å². The van der Waals surface area contributed by atoms with E-state index in [0.717, 1.165) is 11.6 Å². The van der Waals surface area contributed by atoms with Gasteiger partial charge in [-0.2, -0.15) is 0 Å². The van der Waals surface area contributed by atoms with Crippen LogP contribution in [0.4, 0.5) is 13.2 Å². The summed E-state index contributed by atoms with van der Waals surface area (Å²) in [6.45, 7) is 0. The Bertz CT molecular complexity index is 1110. The topological polar surface area (TPSA) is 65.1 Å². The Hall–Kier alpha value is -2.80. The lowest BCUT2D eigenvalue weighted by atomic mass is 9.69. The highest BCUT2D eigenvalue weighted by Gasteiger charge is 2.40. The molecular formula is C23H21F3N2O2. The largest absolute Gasteiger partial charge is 0.393 e. The van der Waals surface area contributed by atoms with E-state index >= 15 is 0 Å². The summed E-state index contributed by atoms with van der Waals surface area (Å²) in [5, 5.41) is 12.8. The zero-order chi connectivity index (χ0) is 21.0. The number of H-pyrrole nitrogens is 1. The van der Waals surface area contributed by atoms with Crippen LogP contribution in [0.2, 0.25) is 0 Å². The molecule has 2 fully saturated rings. The normalized spacial score (nSPS) is 25.6. The van der Waals surface area contributed by atoms with Gasteiger partial charge in [-0.05, 0) is 73.1 Å². The first-order chi connectivity index (χ1) is 14.4. The standard InChI is InChI=1S/C23H21F3N2O2/c24-14-3-1-11(2-4-14)21-20(18-7-15(25)8-19(26)22(18)28-21)12-5-13(6-12)23(30)27-16-9-17(29)10-16/h1-4,7-8,12-13,16-17,28-29H,5-6,9-10H2,(H,27,30). The molecule has 1 amide bonds. The van der Waals surface area contributed by atoms with Gasteiger partial charge in [-0.15, -0.1) is 0 Å². The molecule has 2 aliphatic rings. The molecular weight excluding hydrogens is 393 g/mol. The first kappa shape index (κ1) is 19.2. The second kappa shape index (κ2) is 7.16. The van der Waals surface area contributed by atoms with Gasteiger partial charge in [0.15, 0.2) is 0 Å². The molecule has 1 heterocycles. The van der Waals surface area contributed by atoms with Crippen molar-refractivity contribution in [3.05, 3.63) is 59.4 Å². The molecule has 3 N–H and O–H groups in total. The molecule has 2 aliphatic carbocycles. The van der Waals surface area contributed by atoms with Crippen molar-refractivity contribution in [2.45, 2.75) is 43.7 Å². The van der Waals surface area contributed by atoms with Crippen molar-refractivity contribution in [3.63, 3.8) is 0 Å². The molecule has 1 aromatic heterocycles. The van der Waals surface area contributed by atoms with E-state index in [9.17, 15) is 23.1 Å². The summed E-state index contributed by atoms with van der Waals surface area (Å²) in [4.78, 5) is 15.5. The van der Waals surface area contributed by atoms with Crippen molar-refractivity contribution < 1.29 is 23.1 Å². The fourth-order valence-corrected chi connectivity index (χ4v) is 4.60. The van der Waals surface area contributed by atoms with E-state index in [4.69, 9.17) is 0 Å². The van der Waals surface area contributed by atoms with Gasteiger partial charge < -0.3 is 15.4 Å². The summed E-state index contributed by atoms with van der Waals surface area (Å²) < 4.78 is 41.8. The Kier molecular flexibility index (Phi) is 4.58. The van der Waals surface area contributed by atoms with Gasteiger partial charge in [-0.25, -0.2) is 13.2 Å². The predicted octanol–water partition coefficient (Wildman–Crippen LogP) is 4.39. The maximum absolute atomic E-state index is 14.4. The molecule has 0 radical (unpaired) electrons. The van der Waals surface area contributed by atoms with E-state index < -0.39 is 11.6 Å². The van der Waals surface area contributed by atoms with Gasteiger partial charge in [0, 0.05) is 23.4 Å². The molecule has 0 saturated heterocycles. The molecule has 0 bridgehead atoms. The second-order valence-electron chi connectivity index (χ2n) is 8.43.